The average molecular weight is 190 g/mol. The fraction of sp³-hybridized carbons (Fsp3) is 0.455. The standard InChI is InChI=1S/C11H14N2O/c12-7-8-3-4-13-10(5-8)6-11(14)9-1-2-9/h3-5,9H,1-2,6-7,12H2. The van der Waals surface area contributed by atoms with Crippen molar-refractivity contribution in [3.05, 3.63) is 29.6 Å². The Morgan fingerprint density at radius 2 is 2.36 bits per heavy atom. The molecule has 0 atom stereocenters. The Kier molecular flexibility index (Phi) is 2.59. The molecule has 1 heterocycles. The molecule has 0 bridgehead atoms. The van der Waals surface area contributed by atoms with Crippen molar-refractivity contribution < 1.29 is 4.79 Å². The first kappa shape index (κ1) is 9.34. The van der Waals surface area contributed by atoms with E-state index in [0.29, 0.717) is 24.7 Å². The first-order valence-electron chi connectivity index (χ1n) is 4.96. The first-order chi connectivity index (χ1) is 6.79. The van der Waals surface area contributed by atoms with Gasteiger partial charge in [-0.05, 0) is 30.5 Å². The number of rotatable bonds is 4. The van der Waals surface area contributed by atoms with Gasteiger partial charge in [0.1, 0.15) is 5.78 Å². The van der Waals surface area contributed by atoms with E-state index in [4.69, 9.17) is 5.73 Å². The Balaban J connectivity index is 2.04. The van der Waals surface area contributed by atoms with E-state index in [9.17, 15) is 4.79 Å². The number of nitrogens with zero attached hydrogens (tertiary/aromatic N) is 1. The molecule has 2 N–H and O–H groups in total. The molecular formula is C11H14N2O. The van der Waals surface area contributed by atoms with Crippen LogP contribution in [0.2, 0.25) is 0 Å². The summed E-state index contributed by atoms with van der Waals surface area (Å²) in [5.41, 5.74) is 7.40. The highest BCUT2D eigenvalue weighted by atomic mass is 16.1. The number of ketones is 1. The van der Waals surface area contributed by atoms with Crippen LogP contribution < -0.4 is 5.73 Å². The van der Waals surface area contributed by atoms with Gasteiger partial charge in [0.05, 0.1) is 0 Å². The average Bonchev–Trinajstić information content (AvgIpc) is 3.01. The molecular weight excluding hydrogens is 176 g/mol. The van der Waals surface area contributed by atoms with Crippen molar-refractivity contribution in [3.63, 3.8) is 0 Å². The van der Waals surface area contributed by atoms with Gasteiger partial charge in [-0.1, -0.05) is 0 Å². The van der Waals surface area contributed by atoms with Crippen molar-refractivity contribution in [2.75, 3.05) is 0 Å². The number of carbonyl (C=O) groups is 1. The normalized spacial score (nSPS) is 15.5. The number of nitrogens with two attached hydrogens (primary N) is 1. The number of carbonyl (C=O) groups excluding carboxylic acids is 1. The minimum absolute atomic E-state index is 0.318. The zero-order chi connectivity index (χ0) is 9.97. The van der Waals surface area contributed by atoms with E-state index in [1.807, 2.05) is 12.1 Å². The monoisotopic (exact) mass is 190 g/mol. The van der Waals surface area contributed by atoms with Crippen LogP contribution in [-0.4, -0.2) is 10.8 Å². The van der Waals surface area contributed by atoms with Crippen LogP contribution in [0.3, 0.4) is 0 Å². The van der Waals surface area contributed by atoms with Crippen LogP contribution in [0.15, 0.2) is 18.3 Å². The molecule has 3 nitrogen and oxygen atoms in total. The van der Waals surface area contributed by atoms with Crippen LogP contribution in [0, 0.1) is 5.92 Å². The molecule has 1 aliphatic rings. The fourth-order valence-corrected chi connectivity index (χ4v) is 1.48. The molecule has 0 radical (unpaired) electrons. The number of Topliss-reactive ketones (excluding diaryl/α,β-unsaturated/α-hetero) is 1. The Labute approximate surface area is 83.3 Å². The van der Waals surface area contributed by atoms with Crippen LogP contribution >= 0.6 is 0 Å². The topological polar surface area (TPSA) is 56.0 Å². The van der Waals surface area contributed by atoms with Gasteiger partial charge in [-0.15, -0.1) is 0 Å². The van der Waals surface area contributed by atoms with Gasteiger partial charge in [-0.3, -0.25) is 9.78 Å². The predicted octanol–water partition coefficient (Wildman–Crippen LogP) is 1.06. The van der Waals surface area contributed by atoms with Crippen LogP contribution in [0.5, 0.6) is 0 Å². The molecule has 3 heteroatoms. The minimum Gasteiger partial charge on any atom is -0.326 e. The zero-order valence-electron chi connectivity index (χ0n) is 8.07. The van der Waals surface area contributed by atoms with Crippen LogP contribution in [0.25, 0.3) is 0 Å². The number of hydrogen-bond acceptors (Lipinski definition) is 3. The highest BCUT2D eigenvalue weighted by Gasteiger charge is 2.29. The Bertz CT molecular complexity index is 345. The maximum atomic E-state index is 11.5. The number of pyridine rings is 1. The Morgan fingerprint density at radius 3 is 3.00 bits per heavy atom. The van der Waals surface area contributed by atoms with E-state index in [1.54, 1.807) is 6.20 Å². The molecule has 1 saturated carbocycles. The second-order valence-electron chi connectivity index (χ2n) is 3.78. The van der Waals surface area contributed by atoms with E-state index in [-0.39, 0.29) is 0 Å². The van der Waals surface area contributed by atoms with Crippen molar-refractivity contribution in [2.45, 2.75) is 25.8 Å². The SMILES string of the molecule is NCc1ccnc(CC(=O)C2CC2)c1. The Morgan fingerprint density at radius 1 is 1.57 bits per heavy atom. The summed E-state index contributed by atoms with van der Waals surface area (Å²) in [6.45, 7) is 0.507. The smallest absolute Gasteiger partial charge is 0.141 e. The molecule has 0 saturated heterocycles. The van der Waals surface area contributed by atoms with Crippen molar-refractivity contribution in [1.29, 1.82) is 0 Å². The summed E-state index contributed by atoms with van der Waals surface area (Å²) in [7, 11) is 0. The van der Waals surface area contributed by atoms with Crippen LogP contribution in [0.4, 0.5) is 0 Å². The predicted molar refractivity (Wildman–Crippen MR) is 53.6 cm³/mol. The molecule has 74 valence electrons. The van der Waals surface area contributed by atoms with Gasteiger partial charge in [0.2, 0.25) is 0 Å². The molecule has 1 fully saturated rings. The lowest BCUT2D eigenvalue weighted by Gasteiger charge is -2.01. The molecule has 1 aromatic rings. The maximum Gasteiger partial charge on any atom is 0.141 e. The molecule has 2 rings (SSSR count). The van der Waals surface area contributed by atoms with Gasteiger partial charge in [0, 0.05) is 30.8 Å². The summed E-state index contributed by atoms with van der Waals surface area (Å²) >= 11 is 0. The van der Waals surface area contributed by atoms with Crippen molar-refractivity contribution in [1.82, 2.24) is 4.98 Å². The van der Waals surface area contributed by atoms with Gasteiger partial charge < -0.3 is 5.73 Å². The molecule has 0 spiro atoms. The first-order valence-corrected chi connectivity index (χ1v) is 4.96. The maximum absolute atomic E-state index is 11.5. The number of hydrogen-bond donors (Lipinski definition) is 1. The third-order valence-corrected chi connectivity index (χ3v) is 2.50. The van der Waals surface area contributed by atoms with Gasteiger partial charge >= 0.3 is 0 Å². The highest BCUT2D eigenvalue weighted by Crippen LogP contribution is 2.30. The quantitative estimate of drug-likeness (QED) is 0.772. The van der Waals surface area contributed by atoms with E-state index in [0.717, 1.165) is 24.1 Å². The summed E-state index contributed by atoms with van der Waals surface area (Å²) in [4.78, 5) is 15.7. The fourth-order valence-electron chi connectivity index (χ4n) is 1.48. The van der Waals surface area contributed by atoms with E-state index in [2.05, 4.69) is 4.98 Å². The largest absolute Gasteiger partial charge is 0.326 e. The zero-order valence-corrected chi connectivity index (χ0v) is 8.07. The lowest BCUT2D eigenvalue weighted by atomic mass is 10.1. The van der Waals surface area contributed by atoms with Crippen LogP contribution in [-0.2, 0) is 17.8 Å². The lowest BCUT2D eigenvalue weighted by Crippen LogP contribution is -2.07. The van der Waals surface area contributed by atoms with E-state index < -0.39 is 0 Å². The second kappa shape index (κ2) is 3.88. The molecule has 1 aliphatic carbocycles. The molecule has 0 aliphatic heterocycles. The van der Waals surface area contributed by atoms with E-state index in [1.165, 1.54) is 0 Å². The summed E-state index contributed by atoms with van der Waals surface area (Å²) in [6.07, 6.45) is 4.32. The summed E-state index contributed by atoms with van der Waals surface area (Å²) in [5, 5.41) is 0. The summed E-state index contributed by atoms with van der Waals surface area (Å²) in [5.74, 6) is 0.644. The molecule has 0 unspecified atom stereocenters. The third kappa shape index (κ3) is 2.17. The minimum atomic E-state index is 0.318. The summed E-state index contributed by atoms with van der Waals surface area (Å²) in [6, 6.07) is 3.80. The molecule has 0 aromatic carbocycles. The van der Waals surface area contributed by atoms with Crippen molar-refractivity contribution >= 4 is 5.78 Å². The van der Waals surface area contributed by atoms with Gasteiger partial charge in [0.15, 0.2) is 0 Å². The molecule has 1 aromatic heterocycles. The summed E-state index contributed by atoms with van der Waals surface area (Å²) < 4.78 is 0. The van der Waals surface area contributed by atoms with Crippen molar-refractivity contribution in [3.8, 4) is 0 Å². The Hall–Kier alpha value is -1.22. The second-order valence-corrected chi connectivity index (χ2v) is 3.78. The van der Waals surface area contributed by atoms with Gasteiger partial charge in [0.25, 0.3) is 0 Å². The lowest BCUT2D eigenvalue weighted by molar-refractivity contribution is -0.119. The third-order valence-electron chi connectivity index (χ3n) is 2.50. The van der Waals surface area contributed by atoms with Crippen LogP contribution in [0.1, 0.15) is 24.1 Å². The van der Waals surface area contributed by atoms with Crippen molar-refractivity contribution in [2.24, 2.45) is 11.7 Å². The van der Waals surface area contributed by atoms with Gasteiger partial charge in [-0.2, -0.15) is 0 Å². The van der Waals surface area contributed by atoms with E-state index >= 15 is 0 Å². The highest BCUT2D eigenvalue weighted by molar-refractivity contribution is 5.84. The molecule has 0 amide bonds. The molecule has 14 heavy (non-hydrogen) atoms. The van der Waals surface area contributed by atoms with Gasteiger partial charge in [-0.25, -0.2) is 0 Å². The number of aromatic nitrogens is 1.